The molecular formula is C20H25N5O. The lowest BCUT2D eigenvalue weighted by Gasteiger charge is -2.16. The summed E-state index contributed by atoms with van der Waals surface area (Å²) in [5.41, 5.74) is 5.00. The molecule has 0 fully saturated rings. The van der Waals surface area contributed by atoms with Crippen molar-refractivity contribution in [2.45, 2.75) is 39.8 Å². The van der Waals surface area contributed by atoms with Crippen LogP contribution in [0.5, 0.6) is 0 Å². The van der Waals surface area contributed by atoms with E-state index in [4.69, 9.17) is 0 Å². The number of nitrogens with one attached hydrogen (secondary N) is 1. The van der Waals surface area contributed by atoms with Crippen molar-refractivity contribution in [1.29, 1.82) is 0 Å². The van der Waals surface area contributed by atoms with E-state index in [1.54, 1.807) is 6.20 Å². The number of hydrogen-bond donors (Lipinski definition) is 1. The maximum absolute atomic E-state index is 12.8. The van der Waals surface area contributed by atoms with E-state index in [1.807, 2.05) is 66.8 Å². The molecular weight excluding hydrogens is 326 g/mol. The van der Waals surface area contributed by atoms with Crippen LogP contribution in [0.3, 0.4) is 0 Å². The molecule has 0 unspecified atom stereocenters. The van der Waals surface area contributed by atoms with Gasteiger partial charge in [0, 0.05) is 36.7 Å². The molecule has 6 heteroatoms. The molecule has 0 aliphatic heterocycles. The van der Waals surface area contributed by atoms with Crippen LogP contribution < -0.4 is 5.32 Å². The molecule has 0 saturated heterocycles. The zero-order valence-electron chi connectivity index (χ0n) is 15.7. The highest BCUT2D eigenvalue weighted by atomic mass is 16.1. The summed E-state index contributed by atoms with van der Waals surface area (Å²) < 4.78 is 3.70. The van der Waals surface area contributed by atoms with E-state index in [-0.39, 0.29) is 11.9 Å². The Balaban J connectivity index is 1.71. The molecule has 0 saturated carbocycles. The Bertz CT molecular complexity index is 895. The largest absolute Gasteiger partial charge is 0.349 e. The van der Waals surface area contributed by atoms with Gasteiger partial charge in [0.05, 0.1) is 12.2 Å². The Morgan fingerprint density at radius 2 is 2.00 bits per heavy atom. The van der Waals surface area contributed by atoms with Crippen LogP contribution in [0, 0.1) is 13.8 Å². The van der Waals surface area contributed by atoms with Gasteiger partial charge in [0.25, 0.3) is 5.91 Å². The van der Waals surface area contributed by atoms with E-state index >= 15 is 0 Å². The van der Waals surface area contributed by atoms with E-state index in [9.17, 15) is 4.79 Å². The number of benzene rings is 1. The van der Waals surface area contributed by atoms with Crippen molar-refractivity contribution >= 4 is 5.91 Å². The number of nitrogens with zero attached hydrogens (tertiary/aromatic N) is 4. The van der Waals surface area contributed by atoms with Crippen LogP contribution in [0.25, 0.3) is 0 Å². The fourth-order valence-corrected chi connectivity index (χ4v) is 3.22. The molecule has 1 atom stereocenters. The summed E-state index contributed by atoms with van der Waals surface area (Å²) in [6, 6.07) is 9.56. The van der Waals surface area contributed by atoms with Crippen molar-refractivity contribution < 1.29 is 4.79 Å². The SMILES string of the molecule is Cc1nn(C)c(C)c1C[C@@H](C)NC(=O)c1ccccc1Cn1cccn1. The molecule has 2 heterocycles. The van der Waals surface area contributed by atoms with Gasteiger partial charge in [-0.15, -0.1) is 0 Å². The standard InChI is InChI=1S/C20H25N5O/c1-14(12-19-15(2)23-24(4)16(19)3)22-20(26)18-9-6-5-8-17(18)13-25-11-7-10-21-25/h5-11,14H,12-13H2,1-4H3,(H,22,26)/t14-/m1/s1. The van der Waals surface area contributed by atoms with Crippen LogP contribution in [0.1, 0.15) is 39.8 Å². The average Bonchev–Trinajstić information content (AvgIpc) is 3.19. The summed E-state index contributed by atoms with van der Waals surface area (Å²) in [6.07, 6.45) is 4.40. The predicted molar refractivity (Wildman–Crippen MR) is 101 cm³/mol. The minimum absolute atomic E-state index is 0.0156. The number of amides is 1. The monoisotopic (exact) mass is 351 g/mol. The summed E-state index contributed by atoms with van der Waals surface area (Å²) in [4.78, 5) is 12.8. The minimum Gasteiger partial charge on any atom is -0.349 e. The summed E-state index contributed by atoms with van der Waals surface area (Å²) in [6.45, 7) is 6.67. The molecule has 0 bridgehead atoms. The topological polar surface area (TPSA) is 64.7 Å². The van der Waals surface area contributed by atoms with Crippen molar-refractivity contribution in [1.82, 2.24) is 24.9 Å². The first-order valence-electron chi connectivity index (χ1n) is 8.81. The van der Waals surface area contributed by atoms with E-state index in [2.05, 4.69) is 22.4 Å². The van der Waals surface area contributed by atoms with Crippen molar-refractivity contribution in [3.05, 3.63) is 70.8 Å². The van der Waals surface area contributed by atoms with Crippen LogP contribution >= 0.6 is 0 Å². The Morgan fingerprint density at radius 3 is 2.65 bits per heavy atom. The fraction of sp³-hybridized carbons (Fsp3) is 0.350. The number of aromatic nitrogens is 4. The Morgan fingerprint density at radius 1 is 1.23 bits per heavy atom. The normalized spacial score (nSPS) is 12.2. The van der Waals surface area contributed by atoms with Gasteiger partial charge >= 0.3 is 0 Å². The molecule has 0 radical (unpaired) electrons. The summed E-state index contributed by atoms with van der Waals surface area (Å²) in [7, 11) is 1.95. The van der Waals surface area contributed by atoms with Gasteiger partial charge < -0.3 is 5.32 Å². The Kier molecular flexibility index (Phi) is 5.21. The first-order chi connectivity index (χ1) is 12.5. The van der Waals surface area contributed by atoms with Gasteiger partial charge in [0.2, 0.25) is 0 Å². The number of aryl methyl sites for hydroxylation is 2. The van der Waals surface area contributed by atoms with E-state index in [0.29, 0.717) is 12.1 Å². The molecule has 1 aromatic carbocycles. The molecule has 0 aliphatic rings. The molecule has 136 valence electrons. The number of rotatable bonds is 6. The quantitative estimate of drug-likeness (QED) is 0.742. The zero-order chi connectivity index (χ0) is 18.7. The molecule has 1 amide bonds. The third kappa shape index (κ3) is 3.85. The van der Waals surface area contributed by atoms with Gasteiger partial charge in [0.15, 0.2) is 0 Å². The molecule has 3 rings (SSSR count). The highest BCUT2D eigenvalue weighted by molar-refractivity contribution is 5.95. The van der Waals surface area contributed by atoms with Crippen LogP contribution in [-0.2, 0) is 20.0 Å². The van der Waals surface area contributed by atoms with Crippen molar-refractivity contribution in [3.8, 4) is 0 Å². The second kappa shape index (κ2) is 7.56. The van der Waals surface area contributed by atoms with E-state index in [0.717, 1.165) is 23.4 Å². The average molecular weight is 351 g/mol. The van der Waals surface area contributed by atoms with Gasteiger partial charge in [-0.05, 0) is 50.5 Å². The van der Waals surface area contributed by atoms with Crippen LogP contribution in [0.4, 0.5) is 0 Å². The molecule has 0 spiro atoms. The van der Waals surface area contributed by atoms with Crippen LogP contribution in [0.15, 0.2) is 42.7 Å². The maximum Gasteiger partial charge on any atom is 0.251 e. The molecule has 26 heavy (non-hydrogen) atoms. The molecule has 0 aliphatic carbocycles. The lowest BCUT2D eigenvalue weighted by atomic mass is 10.0. The van der Waals surface area contributed by atoms with Crippen LogP contribution in [0.2, 0.25) is 0 Å². The Labute approximate surface area is 153 Å². The second-order valence-electron chi connectivity index (χ2n) is 6.71. The minimum atomic E-state index is -0.0561. The van der Waals surface area contributed by atoms with Gasteiger partial charge in [-0.1, -0.05) is 18.2 Å². The molecule has 2 aromatic heterocycles. The third-order valence-corrected chi connectivity index (χ3v) is 4.70. The zero-order valence-corrected chi connectivity index (χ0v) is 15.7. The highest BCUT2D eigenvalue weighted by Crippen LogP contribution is 2.15. The molecule has 3 aromatic rings. The first-order valence-corrected chi connectivity index (χ1v) is 8.81. The van der Waals surface area contributed by atoms with Crippen molar-refractivity contribution in [2.24, 2.45) is 7.05 Å². The lowest BCUT2D eigenvalue weighted by Crippen LogP contribution is -2.35. The number of carbonyl (C=O) groups excluding carboxylic acids is 1. The second-order valence-corrected chi connectivity index (χ2v) is 6.71. The summed E-state index contributed by atoms with van der Waals surface area (Å²) in [5, 5.41) is 11.8. The summed E-state index contributed by atoms with van der Waals surface area (Å²) in [5.74, 6) is -0.0561. The van der Waals surface area contributed by atoms with Crippen molar-refractivity contribution in [2.75, 3.05) is 0 Å². The van der Waals surface area contributed by atoms with Gasteiger partial charge in [-0.25, -0.2) is 0 Å². The van der Waals surface area contributed by atoms with E-state index in [1.165, 1.54) is 5.56 Å². The third-order valence-electron chi connectivity index (χ3n) is 4.70. The predicted octanol–water partition coefficient (Wildman–Crippen LogP) is 2.64. The lowest BCUT2D eigenvalue weighted by molar-refractivity contribution is 0.0939. The van der Waals surface area contributed by atoms with Crippen molar-refractivity contribution in [3.63, 3.8) is 0 Å². The van der Waals surface area contributed by atoms with Gasteiger partial charge in [-0.3, -0.25) is 14.2 Å². The summed E-state index contributed by atoms with van der Waals surface area (Å²) >= 11 is 0. The fourth-order valence-electron chi connectivity index (χ4n) is 3.22. The van der Waals surface area contributed by atoms with Crippen LogP contribution in [-0.4, -0.2) is 31.5 Å². The molecule has 1 N–H and O–H groups in total. The van der Waals surface area contributed by atoms with E-state index < -0.39 is 0 Å². The first kappa shape index (κ1) is 17.9. The van der Waals surface area contributed by atoms with Gasteiger partial charge in [0.1, 0.15) is 0 Å². The number of carbonyl (C=O) groups is 1. The highest BCUT2D eigenvalue weighted by Gasteiger charge is 2.17. The smallest absolute Gasteiger partial charge is 0.251 e. The van der Waals surface area contributed by atoms with Gasteiger partial charge in [-0.2, -0.15) is 10.2 Å². The number of hydrogen-bond acceptors (Lipinski definition) is 3. The molecule has 6 nitrogen and oxygen atoms in total. The Hall–Kier alpha value is -2.89. The maximum atomic E-state index is 12.8.